The van der Waals surface area contributed by atoms with Crippen molar-refractivity contribution < 1.29 is 23.9 Å². The van der Waals surface area contributed by atoms with E-state index in [4.69, 9.17) is 9.47 Å². The Morgan fingerprint density at radius 2 is 1.69 bits per heavy atom. The third kappa shape index (κ3) is 4.95. The molecule has 156 valence electrons. The van der Waals surface area contributed by atoms with E-state index in [1.54, 1.807) is 50.1 Å². The maximum absolute atomic E-state index is 12.9. The van der Waals surface area contributed by atoms with Crippen molar-refractivity contribution in [1.29, 1.82) is 0 Å². The molecule has 1 heterocycles. The summed E-state index contributed by atoms with van der Waals surface area (Å²) in [7, 11) is 1.55. The molecule has 0 saturated heterocycles. The van der Waals surface area contributed by atoms with Crippen LogP contribution in [0.25, 0.3) is 0 Å². The van der Waals surface area contributed by atoms with Crippen LogP contribution < -0.4 is 10.1 Å². The second kappa shape index (κ2) is 10.1. The molecule has 7 nitrogen and oxygen atoms in total. The molecule has 2 rings (SSSR count). The zero-order valence-corrected chi connectivity index (χ0v) is 18.1. The van der Waals surface area contributed by atoms with Crippen molar-refractivity contribution in [3.63, 3.8) is 0 Å². The molecular formula is C21H26N2O5S. The fourth-order valence-corrected chi connectivity index (χ4v) is 3.98. The first-order valence-electron chi connectivity index (χ1n) is 9.42. The number of esters is 1. The summed E-state index contributed by atoms with van der Waals surface area (Å²) < 4.78 is 10.2. The van der Waals surface area contributed by atoms with Crippen molar-refractivity contribution in [2.45, 2.75) is 27.7 Å². The number of benzene rings is 1. The highest BCUT2D eigenvalue weighted by atomic mass is 32.1. The minimum absolute atomic E-state index is 0.173. The van der Waals surface area contributed by atoms with Gasteiger partial charge in [-0.2, -0.15) is 0 Å². The van der Waals surface area contributed by atoms with Gasteiger partial charge in [-0.1, -0.05) is 0 Å². The predicted molar refractivity (Wildman–Crippen MR) is 113 cm³/mol. The Kier molecular flexibility index (Phi) is 7.78. The van der Waals surface area contributed by atoms with Gasteiger partial charge in [0.05, 0.1) is 24.2 Å². The van der Waals surface area contributed by atoms with Gasteiger partial charge in [-0.25, -0.2) is 4.79 Å². The van der Waals surface area contributed by atoms with Crippen LogP contribution in [-0.4, -0.2) is 49.5 Å². The van der Waals surface area contributed by atoms with Gasteiger partial charge in [0, 0.05) is 18.7 Å². The number of rotatable bonds is 8. The fraction of sp³-hybridized carbons (Fsp3) is 0.381. The highest BCUT2D eigenvalue weighted by Gasteiger charge is 2.28. The van der Waals surface area contributed by atoms with Gasteiger partial charge in [0.2, 0.25) is 0 Å². The minimum Gasteiger partial charge on any atom is -0.497 e. The van der Waals surface area contributed by atoms with Crippen molar-refractivity contribution in [1.82, 2.24) is 4.90 Å². The average Bonchev–Trinajstić information content (AvgIpc) is 3.04. The van der Waals surface area contributed by atoms with Crippen LogP contribution in [0.15, 0.2) is 24.3 Å². The van der Waals surface area contributed by atoms with Crippen molar-refractivity contribution in [2.24, 2.45) is 0 Å². The van der Waals surface area contributed by atoms with Gasteiger partial charge in [0.1, 0.15) is 10.8 Å². The summed E-state index contributed by atoms with van der Waals surface area (Å²) in [5, 5.41) is 3.06. The molecule has 0 aliphatic carbocycles. The molecule has 0 spiro atoms. The molecular weight excluding hydrogens is 392 g/mol. The van der Waals surface area contributed by atoms with Crippen LogP contribution in [0.5, 0.6) is 5.75 Å². The number of hydrogen-bond acceptors (Lipinski definition) is 6. The standard InChI is InChI=1S/C21H26N2O5S/c1-6-23(7-2)20(25)17-13(4)16(21(26)28-8-3)19(29-17)22-18(24)14-9-11-15(27-5)12-10-14/h9-12H,6-8H2,1-5H3,(H,22,24). The Balaban J connectivity index is 2.42. The first-order chi connectivity index (χ1) is 13.9. The zero-order chi connectivity index (χ0) is 21.6. The van der Waals surface area contributed by atoms with E-state index in [2.05, 4.69) is 5.32 Å². The number of thiophene rings is 1. The molecule has 29 heavy (non-hydrogen) atoms. The van der Waals surface area contributed by atoms with Crippen LogP contribution >= 0.6 is 11.3 Å². The lowest BCUT2D eigenvalue weighted by molar-refractivity contribution is 0.0527. The van der Waals surface area contributed by atoms with Gasteiger partial charge in [-0.05, 0) is 57.5 Å². The molecule has 1 aromatic carbocycles. The van der Waals surface area contributed by atoms with Gasteiger partial charge in [-0.3, -0.25) is 9.59 Å². The molecule has 0 unspecified atom stereocenters. The Bertz CT molecular complexity index is 885. The van der Waals surface area contributed by atoms with E-state index < -0.39 is 5.97 Å². The number of carbonyl (C=O) groups is 3. The summed E-state index contributed by atoms with van der Waals surface area (Å²) in [4.78, 5) is 40.2. The molecule has 0 atom stereocenters. The van der Waals surface area contributed by atoms with Gasteiger partial charge < -0.3 is 19.7 Å². The third-order valence-corrected chi connectivity index (χ3v) is 5.65. The molecule has 2 aromatic rings. The zero-order valence-electron chi connectivity index (χ0n) is 17.3. The first-order valence-corrected chi connectivity index (χ1v) is 10.2. The summed E-state index contributed by atoms with van der Waals surface area (Å²) in [6, 6.07) is 6.60. The Labute approximate surface area is 174 Å². The van der Waals surface area contributed by atoms with Crippen LogP contribution in [0.2, 0.25) is 0 Å². The quantitative estimate of drug-likeness (QED) is 0.656. The van der Waals surface area contributed by atoms with E-state index in [1.165, 1.54) is 0 Å². The molecule has 0 radical (unpaired) electrons. The van der Waals surface area contributed by atoms with E-state index >= 15 is 0 Å². The lowest BCUT2D eigenvalue weighted by Gasteiger charge is -2.18. The molecule has 0 saturated carbocycles. The number of hydrogen-bond donors (Lipinski definition) is 1. The molecule has 0 bridgehead atoms. The second-order valence-electron chi connectivity index (χ2n) is 6.14. The molecule has 2 amide bonds. The summed E-state index contributed by atoms with van der Waals surface area (Å²) in [5.41, 5.74) is 1.13. The van der Waals surface area contributed by atoms with Gasteiger partial charge in [0.15, 0.2) is 0 Å². The highest BCUT2D eigenvalue weighted by molar-refractivity contribution is 7.18. The normalized spacial score (nSPS) is 10.4. The van der Waals surface area contributed by atoms with E-state index in [0.717, 1.165) is 11.3 Å². The number of amides is 2. The second-order valence-corrected chi connectivity index (χ2v) is 7.16. The van der Waals surface area contributed by atoms with E-state index in [-0.39, 0.29) is 24.0 Å². The number of ether oxygens (including phenoxy) is 2. The summed E-state index contributed by atoms with van der Waals surface area (Å²) in [6.45, 7) is 8.48. The van der Waals surface area contributed by atoms with Crippen LogP contribution in [0, 0.1) is 6.92 Å². The lowest BCUT2D eigenvalue weighted by atomic mass is 10.1. The number of methoxy groups -OCH3 is 1. The maximum atomic E-state index is 12.9. The Hall–Kier alpha value is -2.87. The average molecular weight is 419 g/mol. The van der Waals surface area contributed by atoms with Gasteiger partial charge in [0.25, 0.3) is 11.8 Å². The van der Waals surface area contributed by atoms with Crippen molar-refractivity contribution in [2.75, 3.05) is 32.1 Å². The molecule has 1 N–H and O–H groups in total. The SMILES string of the molecule is CCOC(=O)c1c(NC(=O)c2ccc(OC)cc2)sc(C(=O)N(CC)CC)c1C. The Morgan fingerprint density at radius 1 is 1.07 bits per heavy atom. The highest BCUT2D eigenvalue weighted by Crippen LogP contribution is 2.35. The smallest absolute Gasteiger partial charge is 0.341 e. The van der Waals surface area contributed by atoms with Crippen molar-refractivity contribution in [3.05, 3.63) is 45.8 Å². The van der Waals surface area contributed by atoms with Crippen molar-refractivity contribution >= 4 is 34.1 Å². The molecule has 1 aromatic heterocycles. The van der Waals surface area contributed by atoms with Crippen LogP contribution in [0.4, 0.5) is 5.00 Å². The molecule has 0 fully saturated rings. The topological polar surface area (TPSA) is 84.9 Å². The van der Waals surface area contributed by atoms with Crippen molar-refractivity contribution in [3.8, 4) is 5.75 Å². The number of nitrogens with one attached hydrogen (secondary N) is 1. The third-order valence-electron chi connectivity index (χ3n) is 4.45. The molecule has 0 aliphatic heterocycles. The summed E-state index contributed by atoms with van der Waals surface area (Å²) in [5.74, 6) is -0.494. The Morgan fingerprint density at radius 3 is 2.21 bits per heavy atom. The van der Waals surface area contributed by atoms with E-state index in [0.29, 0.717) is 39.8 Å². The first kappa shape index (κ1) is 22.4. The maximum Gasteiger partial charge on any atom is 0.341 e. The summed E-state index contributed by atoms with van der Waals surface area (Å²) in [6.07, 6.45) is 0. The van der Waals surface area contributed by atoms with E-state index in [1.807, 2.05) is 13.8 Å². The van der Waals surface area contributed by atoms with E-state index in [9.17, 15) is 14.4 Å². The van der Waals surface area contributed by atoms with Crippen LogP contribution in [-0.2, 0) is 4.74 Å². The van der Waals surface area contributed by atoms with Gasteiger partial charge >= 0.3 is 5.97 Å². The molecule has 0 aliphatic rings. The van der Waals surface area contributed by atoms with Crippen LogP contribution in [0.1, 0.15) is 56.7 Å². The van der Waals surface area contributed by atoms with Gasteiger partial charge in [-0.15, -0.1) is 11.3 Å². The number of anilines is 1. The number of nitrogens with zero attached hydrogens (tertiary/aromatic N) is 1. The summed E-state index contributed by atoms with van der Waals surface area (Å²) >= 11 is 1.09. The largest absolute Gasteiger partial charge is 0.497 e. The predicted octanol–water partition coefficient (Wildman–Crippen LogP) is 3.98. The molecule has 8 heteroatoms. The monoisotopic (exact) mass is 418 g/mol. The lowest BCUT2D eigenvalue weighted by Crippen LogP contribution is -2.30. The van der Waals surface area contributed by atoms with Crippen LogP contribution in [0.3, 0.4) is 0 Å². The minimum atomic E-state index is -0.565. The number of carbonyl (C=O) groups excluding carboxylic acids is 3. The fourth-order valence-electron chi connectivity index (χ4n) is 2.83.